The number of hydrazone groups is 1. The molecule has 7 nitrogen and oxygen atoms in total. The number of hydrogen-bond acceptors (Lipinski definition) is 6. The third-order valence-corrected chi connectivity index (χ3v) is 7.41. The molecule has 184 valence electrons. The fourth-order valence-electron chi connectivity index (χ4n) is 4.28. The Morgan fingerprint density at radius 3 is 1.94 bits per heavy atom. The lowest BCUT2D eigenvalue weighted by molar-refractivity contribution is 0.410. The Morgan fingerprint density at radius 2 is 1.43 bits per heavy atom. The predicted molar refractivity (Wildman–Crippen MR) is 138 cm³/mol. The van der Waals surface area contributed by atoms with Gasteiger partial charge in [-0.05, 0) is 80.4 Å². The van der Waals surface area contributed by atoms with Gasteiger partial charge in [-0.2, -0.15) is 18.4 Å². The van der Waals surface area contributed by atoms with Crippen molar-refractivity contribution in [2.45, 2.75) is 43.8 Å². The number of aryl methyl sites for hydroxylation is 1. The summed E-state index contributed by atoms with van der Waals surface area (Å²) in [5, 5.41) is 4.50. The fraction of sp³-hybridized carbons (Fsp3) is 0.296. The van der Waals surface area contributed by atoms with Gasteiger partial charge in [-0.1, -0.05) is 29.8 Å². The van der Waals surface area contributed by atoms with Crippen LogP contribution in [0.25, 0.3) is 0 Å². The van der Waals surface area contributed by atoms with Gasteiger partial charge in [0.25, 0.3) is 10.0 Å². The highest BCUT2D eigenvalue weighted by Gasteiger charge is 2.53. The molecular weight excluding hydrogens is 462 g/mol. The molecule has 1 unspecified atom stereocenters. The zero-order valence-corrected chi connectivity index (χ0v) is 21.4. The van der Waals surface area contributed by atoms with Crippen LogP contribution in [0.3, 0.4) is 0 Å². The zero-order chi connectivity index (χ0) is 25.2. The highest BCUT2D eigenvalue weighted by atomic mass is 32.2. The molecule has 0 aliphatic carbocycles. The maximum atomic E-state index is 13.0. The molecular formula is C27H31N3O4S. The van der Waals surface area contributed by atoms with E-state index in [1.807, 2.05) is 55.5 Å². The molecule has 1 fully saturated rings. The molecule has 3 atom stereocenters. The molecule has 35 heavy (non-hydrogen) atoms. The molecule has 3 aromatic carbocycles. The summed E-state index contributed by atoms with van der Waals surface area (Å²) in [6, 6.07) is 22.4. The van der Waals surface area contributed by atoms with Crippen molar-refractivity contribution in [3.05, 3.63) is 89.5 Å². The normalized spacial score (nSPS) is 19.9. The van der Waals surface area contributed by atoms with E-state index < -0.39 is 10.0 Å². The minimum atomic E-state index is -3.82. The molecule has 0 bridgehead atoms. The third kappa shape index (κ3) is 5.33. The van der Waals surface area contributed by atoms with Crippen molar-refractivity contribution in [1.29, 1.82) is 0 Å². The van der Waals surface area contributed by atoms with E-state index in [4.69, 9.17) is 9.47 Å². The van der Waals surface area contributed by atoms with Crippen molar-refractivity contribution < 1.29 is 17.9 Å². The fourth-order valence-corrected chi connectivity index (χ4v) is 5.10. The number of hydrogen-bond donors (Lipinski definition) is 1. The van der Waals surface area contributed by atoms with Crippen LogP contribution in [-0.4, -0.2) is 45.3 Å². The Morgan fingerprint density at radius 1 is 0.886 bits per heavy atom. The first-order valence-corrected chi connectivity index (χ1v) is 13.0. The van der Waals surface area contributed by atoms with Gasteiger partial charge in [0.2, 0.25) is 0 Å². The second kappa shape index (κ2) is 10.1. The van der Waals surface area contributed by atoms with Crippen molar-refractivity contribution in [2.24, 2.45) is 5.10 Å². The van der Waals surface area contributed by atoms with E-state index in [2.05, 4.69) is 28.7 Å². The highest BCUT2D eigenvalue weighted by molar-refractivity contribution is 7.89. The monoisotopic (exact) mass is 493 g/mol. The van der Waals surface area contributed by atoms with Gasteiger partial charge in [-0.25, -0.2) is 0 Å². The van der Waals surface area contributed by atoms with E-state index in [0.29, 0.717) is 5.71 Å². The van der Waals surface area contributed by atoms with E-state index in [-0.39, 0.29) is 23.0 Å². The number of methoxy groups -OCH3 is 2. The topological polar surface area (TPSA) is 80.0 Å². The molecule has 4 rings (SSSR count). The van der Waals surface area contributed by atoms with Crippen LogP contribution in [0.15, 0.2) is 82.8 Å². The number of nitrogens with one attached hydrogen (secondary N) is 1. The first kappa shape index (κ1) is 24.8. The minimum absolute atomic E-state index is 0.0608. The highest BCUT2D eigenvalue weighted by Crippen LogP contribution is 2.47. The zero-order valence-electron chi connectivity index (χ0n) is 20.6. The molecule has 1 heterocycles. The Bertz CT molecular complexity index is 1290. The number of rotatable bonds is 9. The van der Waals surface area contributed by atoms with Crippen LogP contribution >= 0.6 is 0 Å². The average molecular weight is 494 g/mol. The second-order valence-corrected chi connectivity index (χ2v) is 10.5. The first-order chi connectivity index (χ1) is 16.7. The van der Waals surface area contributed by atoms with Crippen LogP contribution < -0.4 is 14.3 Å². The van der Waals surface area contributed by atoms with Crippen LogP contribution in [0.5, 0.6) is 11.5 Å². The first-order valence-electron chi connectivity index (χ1n) is 11.5. The second-order valence-electron chi connectivity index (χ2n) is 8.84. The maximum absolute atomic E-state index is 13.0. The van der Waals surface area contributed by atoms with Crippen LogP contribution in [-0.2, 0) is 10.0 Å². The van der Waals surface area contributed by atoms with Crippen LogP contribution in [0.2, 0.25) is 0 Å². The largest absolute Gasteiger partial charge is 0.497 e. The maximum Gasteiger partial charge on any atom is 0.276 e. The van der Waals surface area contributed by atoms with E-state index >= 15 is 0 Å². The van der Waals surface area contributed by atoms with E-state index in [9.17, 15) is 8.42 Å². The molecule has 1 aliphatic heterocycles. The lowest BCUT2D eigenvalue weighted by Crippen LogP contribution is -2.25. The Balaban J connectivity index is 1.72. The summed E-state index contributed by atoms with van der Waals surface area (Å²) in [5.41, 5.74) is 3.58. The van der Waals surface area contributed by atoms with Gasteiger partial charge in [0.05, 0.1) is 36.9 Å². The van der Waals surface area contributed by atoms with E-state index in [0.717, 1.165) is 28.2 Å². The van der Waals surface area contributed by atoms with Crippen molar-refractivity contribution in [3.63, 3.8) is 0 Å². The van der Waals surface area contributed by atoms with Crippen molar-refractivity contribution in [3.8, 4) is 11.5 Å². The smallest absolute Gasteiger partial charge is 0.276 e. The summed E-state index contributed by atoms with van der Waals surface area (Å²) in [7, 11) is -0.570. The minimum Gasteiger partial charge on any atom is -0.497 e. The molecule has 0 amide bonds. The summed E-state index contributed by atoms with van der Waals surface area (Å²) in [5.74, 6) is 1.51. The average Bonchev–Trinajstić information content (AvgIpc) is 3.60. The van der Waals surface area contributed by atoms with Gasteiger partial charge in [0.1, 0.15) is 11.5 Å². The molecule has 0 spiro atoms. The molecule has 0 aromatic heterocycles. The summed E-state index contributed by atoms with van der Waals surface area (Å²) < 4.78 is 36.6. The lowest BCUT2D eigenvalue weighted by atomic mass is 10.0. The standard InChI is InChI=1S/C27H31N3O4S/c1-18(2)30-26(21-10-14-23(34-5)15-11-21)27(30)25(20-8-12-22(33-4)13-9-20)28-29-35(31,32)24-16-6-19(3)7-17-24/h6-18,26-27,29H,1-5H3/b28-25-/t26-,27+,30?/m0/s1. The molecule has 0 saturated carbocycles. The van der Waals surface area contributed by atoms with Crippen molar-refractivity contribution in [2.75, 3.05) is 14.2 Å². The summed E-state index contributed by atoms with van der Waals surface area (Å²) in [6.07, 6.45) is 0. The molecule has 8 heteroatoms. The molecule has 1 N–H and O–H groups in total. The van der Waals surface area contributed by atoms with Gasteiger partial charge in [0, 0.05) is 6.04 Å². The Kier molecular flexibility index (Phi) is 7.14. The van der Waals surface area contributed by atoms with Gasteiger partial charge in [-0.3, -0.25) is 4.90 Å². The Hall–Kier alpha value is -3.36. The van der Waals surface area contributed by atoms with Crippen molar-refractivity contribution in [1.82, 2.24) is 9.73 Å². The molecule has 3 aromatic rings. The van der Waals surface area contributed by atoms with Gasteiger partial charge >= 0.3 is 0 Å². The summed E-state index contributed by atoms with van der Waals surface area (Å²) in [6.45, 7) is 6.16. The number of benzene rings is 3. The third-order valence-electron chi connectivity index (χ3n) is 6.19. The van der Waals surface area contributed by atoms with E-state index in [1.54, 1.807) is 38.5 Å². The van der Waals surface area contributed by atoms with Gasteiger partial charge in [0.15, 0.2) is 0 Å². The van der Waals surface area contributed by atoms with Crippen molar-refractivity contribution >= 4 is 15.7 Å². The van der Waals surface area contributed by atoms with Crippen LogP contribution in [0, 0.1) is 6.92 Å². The lowest BCUT2D eigenvalue weighted by Gasteiger charge is -2.12. The Labute approximate surface area is 207 Å². The summed E-state index contributed by atoms with van der Waals surface area (Å²) >= 11 is 0. The predicted octanol–water partition coefficient (Wildman–Crippen LogP) is 4.53. The summed E-state index contributed by atoms with van der Waals surface area (Å²) in [4.78, 5) is 4.96. The SMILES string of the molecule is COc1ccc(/C(=N/NS(=O)(=O)c2ccc(C)cc2)[C@@H]2[C@H](c3ccc(OC)cc3)N2C(C)C)cc1. The number of nitrogens with zero attached hydrogens (tertiary/aromatic N) is 2. The van der Waals surface area contributed by atoms with E-state index in [1.165, 1.54) is 0 Å². The van der Waals surface area contributed by atoms with Crippen LogP contribution in [0.1, 0.15) is 36.6 Å². The molecule has 1 aliphatic rings. The van der Waals surface area contributed by atoms with Gasteiger partial charge in [-0.15, -0.1) is 0 Å². The van der Waals surface area contributed by atoms with Crippen LogP contribution in [0.4, 0.5) is 0 Å². The van der Waals surface area contributed by atoms with Gasteiger partial charge < -0.3 is 9.47 Å². The quantitative estimate of drug-likeness (QED) is 0.269. The molecule has 0 radical (unpaired) electrons. The molecule has 1 saturated heterocycles. The number of ether oxygens (including phenoxy) is 2. The number of sulfonamides is 1.